The van der Waals surface area contributed by atoms with Gasteiger partial charge in [0.15, 0.2) is 0 Å². The molecule has 2 atom stereocenters. The zero-order valence-electron chi connectivity index (χ0n) is 10.1. The van der Waals surface area contributed by atoms with Crippen LogP contribution in [0.5, 0.6) is 0 Å². The summed E-state index contributed by atoms with van der Waals surface area (Å²) in [5.74, 6) is -1.13. The van der Waals surface area contributed by atoms with Crippen LogP contribution >= 0.6 is 22.6 Å². The highest BCUT2D eigenvalue weighted by atomic mass is 127. The number of rotatable bonds is 8. The minimum atomic E-state index is -4.02. The molecule has 0 aliphatic carbocycles. The van der Waals surface area contributed by atoms with Crippen LogP contribution in [0.25, 0.3) is 0 Å². The molecule has 0 fully saturated rings. The molecular weight excluding hydrogens is 328 g/mol. The van der Waals surface area contributed by atoms with Crippen molar-refractivity contribution in [3.63, 3.8) is 0 Å². The van der Waals surface area contributed by atoms with Crippen LogP contribution in [-0.4, -0.2) is 10.1 Å². The van der Waals surface area contributed by atoms with Crippen LogP contribution < -0.4 is 0 Å². The molecule has 98 valence electrons. The Morgan fingerprint density at radius 3 is 2.00 bits per heavy atom. The van der Waals surface area contributed by atoms with Gasteiger partial charge >= 0.3 is 6.18 Å². The minimum absolute atomic E-state index is 0.200. The lowest BCUT2D eigenvalue weighted by atomic mass is 9.97. The molecule has 0 aliphatic rings. The van der Waals surface area contributed by atoms with Crippen molar-refractivity contribution in [3.05, 3.63) is 0 Å². The number of halogens is 4. The molecule has 0 bridgehead atoms. The predicted molar refractivity (Wildman–Crippen MR) is 71.0 cm³/mol. The fourth-order valence-corrected chi connectivity index (χ4v) is 3.19. The average Bonchev–Trinajstić information content (AvgIpc) is 2.16. The van der Waals surface area contributed by atoms with Crippen molar-refractivity contribution in [3.8, 4) is 0 Å². The summed E-state index contributed by atoms with van der Waals surface area (Å²) < 4.78 is 37.5. The molecule has 16 heavy (non-hydrogen) atoms. The molecule has 0 aliphatic heterocycles. The topological polar surface area (TPSA) is 0 Å². The Balaban J connectivity index is 3.81. The molecule has 0 saturated heterocycles. The van der Waals surface area contributed by atoms with Crippen LogP contribution in [0.2, 0.25) is 0 Å². The molecule has 0 aromatic carbocycles. The summed E-state index contributed by atoms with van der Waals surface area (Å²) >= 11 is 1.97. The normalized spacial score (nSPS) is 16.1. The Hall–Kier alpha value is 0.520. The first kappa shape index (κ1) is 16.5. The van der Waals surface area contributed by atoms with Gasteiger partial charge in [-0.2, -0.15) is 13.2 Å². The quantitative estimate of drug-likeness (QED) is 0.298. The van der Waals surface area contributed by atoms with Crippen molar-refractivity contribution in [1.82, 2.24) is 0 Å². The van der Waals surface area contributed by atoms with E-state index in [2.05, 4.69) is 6.92 Å². The van der Waals surface area contributed by atoms with Crippen LogP contribution in [0.3, 0.4) is 0 Å². The molecule has 0 saturated carbocycles. The third-order valence-electron chi connectivity index (χ3n) is 2.88. The van der Waals surface area contributed by atoms with Crippen molar-refractivity contribution in [2.45, 2.75) is 68.9 Å². The maximum Gasteiger partial charge on any atom is 0.392 e. The maximum absolute atomic E-state index is 12.6. The van der Waals surface area contributed by atoms with E-state index >= 15 is 0 Å². The van der Waals surface area contributed by atoms with Crippen molar-refractivity contribution in [2.75, 3.05) is 0 Å². The van der Waals surface area contributed by atoms with Crippen LogP contribution in [0.1, 0.15) is 58.8 Å². The lowest BCUT2D eigenvalue weighted by Gasteiger charge is -2.23. The highest BCUT2D eigenvalue weighted by molar-refractivity contribution is 14.1. The summed E-state index contributed by atoms with van der Waals surface area (Å²) in [6, 6.07) is 0. The van der Waals surface area contributed by atoms with E-state index in [0.29, 0.717) is 6.42 Å². The van der Waals surface area contributed by atoms with Crippen molar-refractivity contribution >= 4 is 22.6 Å². The van der Waals surface area contributed by atoms with Crippen LogP contribution in [-0.2, 0) is 0 Å². The van der Waals surface area contributed by atoms with Gasteiger partial charge in [-0.05, 0) is 12.8 Å². The Morgan fingerprint density at radius 1 is 1.00 bits per heavy atom. The van der Waals surface area contributed by atoms with Gasteiger partial charge in [-0.15, -0.1) is 0 Å². The monoisotopic (exact) mass is 350 g/mol. The Bertz CT molecular complexity index is 168. The Morgan fingerprint density at radius 2 is 1.56 bits per heavy atom. The summed E-state index contributed by atoms with van der Waals surface area (Å²) in [4.78, 5) is 0. The van der Waals surface area contributed by atoms with Gasteiger partial charge < -0.3 is 0 Å². The Kier molecular flexibility index (Phi) is 8.87. The first-order valence-corrected chi connectivity index (χ1v) is 7.38. The molecule has 0 N–H and O–H groups in total. The van der Waals surface area contributed by atoms with Gasteiger partial charge in [0.2, 0.25) is 0 Å². The number of hydrogen-bond donors (Lipinski definition) is 0. The summed E-state index contributed by atoms with van der Waals surface area (Å²) in [5, 5.41) is 0. The van der Waals surface area contributed by atoms with Gasteiger partial charge in [-0.3, -0.25) is 0 Å². The van der Waals surface area contributed by atoms with Gasteiger partial charge in [0.05, 0.1) is 5.92 Å². The second-order valence-corrected chi connectivity index (χ2v) is 5.88. The first-order valence-electron chi connectivity index (χ1n) is 6.14. The summed E-state index contributed by atoms with van der Waals surface area (Å²) in [5.41, 5.74) is 0. The molecule has 0 amide bonds. The lowest BCUT2D eigenvalue weighted by Crippen LogP contribution is -2.30. The third-order valence-corrected chi connectivity index (χ3v) is 4.37. The van der Waals surface area contributed by atoms with E-state index in [1.807, 2.05) is 22.6 Å². The maximum atomic E-state index is 12.6. The van der Waals surface area contributed by atoms with E-state index in [0.717, 1.165) is 19.3 Å². The lowest BCUT2D eigenvalue weighted by molar-refractivity contribution is -0.174. The highest BCUT2D eigenvalue weighted by Crippen LogP contribution is 2.36. The van der Waals surface area contributed by atoms with Gasteiger partial charge in [0.1, 0.15) is 0 Å². The molecule has 0 nitrogen and oxygen atoms in total. The van der Waals surface area contributed by atoms with E-state index in [1.54, 1.807) is 6.92 Å². The molecule has 0 aromatic rings. The molecule has 0 radical (unpaired) electrons. The largest absolute Gasteiger partial charge is 0.392 e. The third kappa shape index (κ3) is 6.97. The summed E-state index contributed by atoms with van der Waals surface area (Å²) in [6.07, 6.45) is 2.40. The fraction of sp³-hybridized carbons (Fsp3) is 1.00. The van der Waals surface area contributed by atoms with E-state index in [1.165, 1.54) is 12.8 Å². The van der Waals surface area contributed by atoms with Crippen molar-refractivity contribution in [1.29, 1.82) is 0 Å². The fourth-order valence-electron chi connectivity index (χ4n) is 1.84. The number of hydrogen-bond acceptors (Lipinski definition) is 0. The smallest absolute Gasteiger partial charge is 0.171 e. The highest BCUT2D eigenvalue weighted by Gasteiger charge is 2.41. The SMILES string of the molecule is CCCCCCCC(I)C(CC)C(F)(F)F. The minimum Gasteiger partial charge on any atom is -0.171 e. The van der Waals surface area contributed by atoms with Crippen LogP contribution in [0, 0.1) is 5.92 Å². The molecule has 0 aromatic heterocycles. The average molecular weight is 350 g/mol. The van der Waals surface area contributed by atoms with Crippen LogP contribution in [0.15, 0.2) is 0 Å². The molecule has 0 rings (SSSR count). The van der Waals surface area contributed by atoms with E-state index in [4.69, 9.17) is 0 Å². The van der Waals surface area contributed by atoms with Gasteiger partial charge in [0.25, 0.3) is 0 Å². The van der Waals surface area contributed by atoms with Gasteiger partial charge in [-0.1, -0.05) is 68.5 Å². The number of unbranched alkanes of at least 4 members (excludes halogenated alkanes) is 4. The molecule has 0 heterocycles. The van der Waals surface area contributed by atoms with Crippen LogP contribution in [0.4, 0.5) is 13.2 Å². The molecular formula is C12H22F3I. The van der Waals surface area contributed by atoms with Gasteiger partial charge in [-0.25, -0.2) is 0 Å². The van der Waals surface area contributed by atoms with E-state index in [9.17, 15) is 13.2 Å². The first-order chi connectivity index (χ1) is 7.43. The van der Waals surface area contributed by atoms with Crippen molar-refractivity contribution in [2.24, 2.45) is 5.92 Å². The van der Waals surface area contributed by atoms with Crippen molar-refractivity contribution < 1.29 is 13.2 Å². The summed E-state index contributed by atoms with van der Waals surface area (Å²) in [7, 11) is 0. The zero-order chi connectivity index (χ0) is 12.6. The van der Waals surface area contributed by atoms with E-state index in [-0.39, 0.29) is 10.3 Å². The molecule has 4 heteroatoms. The number of alkyl halides is 4. The van der Waals surface area contributed by atoms with E-state index < -0.39 is 12.1 Å². The van der Waals surface area contributed by atoms with Gasteiger partial charge in [0, 0.05) is 3.92 Å². The molecule has 0 spiro atoms. The standard InChI is InChI=1S/C12H22F3I/c1-3-5-6-7-8-9-11(16)10(4-2)12(13,14)15/h10-11H,3-9H2,1-2H3. The second kappa shape index (κ2) is 8.59. The second-order valence-electron chi connectivity index (χ2n) is 4.28. The zero-order valence-corrected chi connectivity index (χ0v) is 12.3. The Labute approximate surface area is 111 Å². The predicted octanol–water partition coefficient (Wildman–Crippen LogP) is 5.74. The molecule has 2 unspecified atom stereocenters. The summed E-state index contributed by atoms with van der Waals surface area (Å²) in [6.45, 7) is 3.76.